The normalized spacial score (nSPS) is 15.5. The molecule has 2 heterocycles. The summed E-state index contributed by atoms with van der Waals surface area (Å²) in [6.45, 7) is 1.42. The van der Waals surface area contributed by atoms with E-state index in [1.807, 2.05) is 33.9 Å². The van der Waals surface area contributed by atoms with Gasteiger partial charge in [0.05, 0.1) is 6.54 Å². The Morgan fingerprint density at radius 3 is 2.81 bits per heavy atom. The molecule has 0 unspecified atom stereocenters. The third-order valence-electron chi connectivity index (χ3n) is 2.94. The molecule has 1 saturated carbocycles. The van der Waals surface area contributed by atoms with Gasteiger partial charge in [0.15, 0.2) is 0 Å². The van der Waals surface area contributed by atoms with Crippen molar-refractivity contribution in [1.29, 1.82) is 0 Å². The zero-order valence-electron chi connectivity index (χ0n) is 8.99. The molecule has 1 aliphatic rings. The molecular formula is C11H14N4O. The molecule has 0 atom stereocenters. The van der Waals surface area contributed by atoms with Gasteiger partial charge in [0.1, 0.15) is 0 Å². The highest BCUT2D eigenvalue weighted by Crippen LogP contribution is 2.33. The van der Waals surface area contributed by atoms with E-state index in [2.05, 4.69) is 5.10 Å². The van der Waals surface area contributed by atoms with Crippen molar-refractivity contribution >= 4 is 0 Å². The molecule has 3 rings (SSSR count). The van der Waals surface area contributed by atoms with Gasteiger partial charge in [-0.3, -0.25) is 13.8 Å². The molecule has 0 bridgehead atoms. The molecule has 0 spiro atoms. The third-order valence-corrected chi connectivity index (χ3v) is 2.94. The van der Waals surface area contributed by atoms with Gasteiger partial charge in [0, 0.05) is 37.4 Å². The van der Waals surface area contributed by atoms with Crippen LogP contribution in [0.2, 0.25) is 0 Å². The predicted molar refractivity (Wildman–Crippen MR) is 59.2 cm³/mol. The number of imidazole rings is 1. The van der Waals surface area contributed by atoms with E-state index in [-0.39, 0.29) is 5.69 Å². The van der Waals surface area contributed by atoms with Gasteiger partial charge in [0.2, 0.25) is 0 Å². The summed E-state index contributed by atoms with van der Waals surface area (Å²) in [7, 11) is 0. The summed E-state index contributed by atoms with van der Waals surface area (Å²) in [5.74, 6) is 0. The Morgan fingerprint density at radius 2 is 2.12 bits per heavy atom. The molecule has 16 heavy (non-hydrogen) atoms. The molecule has 1 aliphatic carbocycles. The van der Waals surface area contributed by atoms with Gasteiger partial charge in [-0.1, -0.05) is 0 Å². The van der Waals surface area contributed by atoms with E-state index in [1.54, 1.807) is 10.8 Å². The zero-order chi connectivity index (χ0) is 11.0. The van der Waals surface area contributed by atoms with Crippen molar-refractivity contribution < 1.29 is 0 Å². The van der Waals surface area contributed by atoms with Gasteiger partial charge in [0.25, 0.3) is 0 Å². The summed E-state index contributed by atoms with van der Waals surface area (Å²) in [6.07, 6.45) is 9.69. The Morgan fingerprint density at radius 1 is 1.25 bits per heavy atom. The average molecular weight is 218 g/mol. The predicted octanol–water partition coefficient (Wildman–Crippen LogP) is 0.881. The molecule has 84 valence electrons. The highest BCUT2D eigenvalue weighted by atomic mass is 16.1. The topological polar surface area (TPSA) is 44.8 Å². The molecule has 0 N–H and O–H groups in total. The Hall–Kier alpha value is -1.78. The third kappa shape index (κ3) is 1.68. The maximum absolute atomic E-state index is 11.9. The first-order valence-corrected chi connectivity index (χ1v) is 5.59. The first-order chi connectivity index (χ1) is 7.84. The van der Waals surface area contributed by atoms with Crippen molar-refractivity contribution in [1.82, 2.24) is 18.9 Å². The molecule has 0 aliphatic heterocycles. The lowest BCUT2D eigenvalue weighted by molar-refractivity contribution is 0.515. The fourth-order valence-corrected chi connectivity index (χ4v) is 1.87. The van der Waals surface area contributed by atoms with Crippen molar-refractivity contribution in [2.45, 2.75) is 32.0 Å². The van der Waals surface area contributed by atoms with Gasteiger partial charge >= 0.3 is 5.69 Å². The first-order valence-electron chi connectivity index (χ1n) is 5.59. The van der Waals surface area contributed by atoms with Crippen LogP contribution in [0.15, 0.2) is 35.6 Å². The summed E-state index contributed by atoms with van der Waals surface area (Å²) in [5, 5.41) is 4.11. The smallest absolute Gasteiger partial charge is 0.297 e. The van der Waals surface area contributed by atoms with Gasteiger partial charge in [-0.15, -0.1) is 0 Å². The summed E-state index contributed by atoms with van der Waals surface area (Å²) in [4.78, 5) is 11.9. The number of rotatable bonds is 4. The summed E-state index contributed by atoms with van der Waals surface area (Å²) in [5.41, 5.74) is 0.106. The monoisotopic (exact) mass is 218 g/mol. The summed E-state index contributed by atoms with van der Waals surface area (Å²) < 4.78 is 5.42. The molecule has 1 fully saturated rings. The standard InChI is InChI=1S/C11H14N4O/c16-11-13(6-8-14-5-1-4-12-14)7-9-15(11)10-2-3-10/h1,4-5,7,9-10H,2-3,6,8H2. The zero-order valence-corrected chi connectivity index (χ0v) is 8.99. The molecule has 2 aromatic rings. The van der Waals surface area contributed by atoms with Gasteiger partial charge in [-0.2, -0.15) is 5.10 Å². The van der Waals surface area contributed by atoms with E-state index in [1.165, 1.54) is 0 Å². The fraction of sp³-hybridized carbons (Fsp3) is 0.455. The number of nitrogens with zero attached hydrogens (tertiary/aromatic N) is 4. The SMILES string of the molecule is O=c1n(CCn2cccn2)ccn1C1CC1. The summed E-state index contributed by atoms with van der Waals surface area (Å²) in [6, 6.07) is 2.34. The Labute approximate surface area is 92.9 Å². The number of hydrogen-bond donors (Lipinski definition) is 0. The molecule has 5 heteroatoms. The highest BCUT2D eigenvalue weighted by molar-refractivity contribution is 4.91. The van der Waals surface area contributed by atoms with Crippen molar-refractivity contribution in [3.63, 3.8) is 0 Å². The van der Waals surface area contributed by atoms with E-state index < -0.39 is 0 Å². The van der Waals surface area contributed by atoms with E-state index in [4.69, 9.17) is 0 Å². The second kappa shape index (κ2) is 3.66. The van der Waals surface area contributed by atoms with Crippen LogP contribution in [0.1, 0.15) is 18.9 Å². The lowest BCUT2D eigenvalue weighted by Crippen LogP contribution is -2.25. The minimum Gasteiger partial charge on any atom is -0.297 e. The Balaban J connectivity index is 1.72. The Kier molecular flexibility index (Phi) is 2.16. The summed E-state index contributed by atoms with van der Waals surface area (Å²) >= 11 is 0. The van der Waals surface area contributed by atoms with Crippen LogP contribution < -0.4 is 5.69 Å². The van der Waals surface area contributed by atoms with Crippen LogP contribution >= 0.6 is 0 Å². The first kappa shape index (κ1) is 9.45. The molecule has 0 aromatic carbocycles. The van der Waals surface area contributed by atoms with Crippen molar-refractivity contribution in [3.05, 3.63) is 41.3 Å². The van der Waals surface area contributed by atoms with Gasteiger partial charge in [-0.25, -0.2) is 4.79 Å². The second-order valence-electron chi connectivity index (χ2n) is 4.18. The minimum absolute atomic E-state index is 0.106. The van der Waals surface area contributed by atoms with Crippen molar-refractivity contribution in [2.75, 3.05) is 0 Å². The number of hydrogen-bond acceptors (Lipinski definition) is 2. The van der Waals surface area contributed by atoms with Gasteiger partial charge < -0.3 is 0 Å². The number of aromatic nitrogens is 4. The van der Waals surface area contributed by atoms with Crippen LogP contribution in [0.4, 0.5) is 0 Å². The lowest BCUT2D eigenvalue weighted by Gasteiger charge is -2.02. The molecular weight excluding hydrogens is 204 g/mol. The maximum atomic E-state index is 11.9. The molecule has 0 amide bonds. The van der Waals surface area contributed by atoms with Crippen LogP contribution in [-0.4, -0.2) is 18.9 Å². The molecule has 0 saturated heterocycles. The van der Waals surface area contributed by atoms with Crippen LogP contribution in [-0.2, 0) is 13.1 Å². The van der Waals surface area contributed by atoms with Crippen molar-refractivity contribution in [2.24, 2.45) is 0 Å². The average Bonchev–Trinajstić information content (AvgIpc) is 2.87. The number of aryl methyl sites for hydroxylation is 2. The maximum Gasteiger partial charge on any atom is 0.328 e. The van der Waals surface area contributed by atoms with Crippen LogP contribution in [0, 0.1) is 0 Å². The van der Waals surface area contributed by atoms with E-state index >= 15 is 0 Å². The van der Waals surface area contributed by atoms with E-state index in [0.29, 0.717) is 12.6 Å². The second-order valence-corrected chi connectivity index (χ2v) is 4.18. The quantitative estimate of drug-likeness (QED) is 0.764. The van der Waals surface area contributed by atoms with E-state index in [9.17, 15) is 4.79 Å². The lowest BCUT2D eigenvalue weighted by atomic mass is 10.6. The Bertz CT molecular complexity index is 518. The van der Waals surface area contributed by atoms with Crippen LogP contribution in [0.25, 0.3) is 0 Å². The van der Waals surface area contributed by atoms with Crippen molar-refractivity contribution in [3.8, 4) is 0 Å². The molecule has 5 nitrogen and oxygen atoms in total. The van der Waals surface area contributed by atoms with Gasteiger partial charge in [-0.05, 0) is 18.9 Å². The van der Waals surface area contributed by atoms with Crippen LogP contribution in [0.3, 0.4) is 0 Å². The van der Waals surface area contributed by atoms with E-state index in [0.717, 1.165) is 19.4 Å². The largest absolute Gasteiger partial charge is 0.328 e. The highest BCUT2D eigenvalue weighted by Gasteiger charge is 2.25. The fourth-order valence-electron chi connectivity index (χ4n) is 1.87. The molecule has 2 aromatic heterocycles. The van der Waals surface area contributed by atoms with Crippen LogP contribution in [0.5, 0.6) is 0 Å². The minimum atomic E-state index is 0.106. The molecule has 0 radical (unpaired) electrons.